The Hall–Kier alpha value is -3.18. The molecule has 0 aliphatic rings. The van der Waals surface area contributed by atoms with Crippen LogP contribution >= 0.6 is 0 Å². The van der Waals surface area contributed by atoms with E-state index in [1.54, 1.807) is 6.92 Å². The van der Waals surface area contributed by atoms with Crippen molar-refractivity contribution in [1.82, 2.24) is 4.90 Å². The molecule has 3 rings (SSSR count). The zero-order valence-corrected chi connectivity index (χ0v) is 18.4. The topological polar surface area (TPSA) is 66.6 Å². The first-order chi connectivity index (χ1) is 15.0. The summed E-state index contributed by atoms with van der Waals surface area (Å²) in [6.45, 7) is 3.79. The third kappa shape index (κ3) is 6.15. The number of amides is 1. The van der Waals surface area contributed by atoms with Crippen LogP contribution in [0.3, 0.4) is 0 Å². The SMILES string of the molecule is CC(=O)c1ccc2cc(N(C)CC(=O)N(CCCN)CCc3ccccc3)ccc2c1. The summed E-state index contributed by atoms with van der Waals surface area (Å²) in [5.41, 5.74) is 8.59. The molecule has 0 radical (unpaired) electrons. The molecule has 0 heterocycles. The molecule has 0 unspecified atom stereocenters. The molecule has 0 fully saturated rings. The zero-order valence-electron chi connectivity index (χ0n) is 18.4. The predicted molar refractivity (Wildman–Crippen MR) is 128 cm³/mol. The maximum absolute atomic E-state index is 13.0. The van der Waals surface area contributed by atoms with Gasteiger partial charge < -0.3 is 15.5 Å². The number of hydrogen-bond donors (Lipinski definition) is 1. The lowest BCUT2D eigenvalue weighted by Crippen LogP contribution is -2.41. The second-order valence-corrected chi connectivity index (χ2v) is 7.92. The number of carbonyl (C=O) groups is 2. The molecular formula is C26H31N3O2. The molecule has 5 heteroatoms. The van der Waals surface area contributed by atoms with Gasteiger partial charge in [-0.25, -0.2) is 0 Å². The lowest BCUT2D eigenvalue weighted by atomic mass is 10.0. The van der Waals surface area contributed by atoms with Crippen molar-refractivity contribution in [2.45, 2.75) is 19.8 Å². The van der Waals surface area contributed by atoms with Crippen LogP contribution in [-0.2, 0) is 11.2 Å². The second-order valence-electron chi connectivity index (χ2n) is 7.92. The molecule has 1 amide bonds. The summed E-state index contributed by atoms with van der Waals surface area (Å²) >= 11 is 0. The van der Waals surface area contributed by atoms with Gasteiger partial charge in [0, 0.05) is 31.4 Å². The molecule has 5 nitrogen and oxygen atoms in total. The van der Waals surface area contributed by atoms with E-state index in [0.29, 0.717) is 31.7 Å². The molecule has 0 bridgehead atoms. The number of rotatable bonds is 10. The first kappa shape index (κ1) is 22.5. The minimum Gasteiger partial charge on any atom is -0.365 e. The van der Waals surface area contributed by atoms with Gasteiger partial charge >= 0.3 is 0 Å². The molecule has 0 aliphatic heterocycles. The quantitative estimate of drug-likeness (QED) is 0.508. The van der Waals surface area contributed by atoms with E-state index in [1.807, 2.05) is 65.4 Å². The minimum atomic E-state index is 0.0572. The third-order valence-corrected chi connectivity index (χ3v) is 5.54. The highest BCUT2D eigenvalue weighted by Crippen LogP contribution is 2.23. The van der Waals surface area contributed by atoms with Gasteiger partial charge in [0.15, 0.2) is 5.78 Å². The van der Waals surface area contributed by atoms with Crippen LogP contribution in [0.1, 0.15) is 29.3 Å². The van der Waals surface area contributed by atoms with Crippen LogP contribution in [0.5, 0.6) is 0 Å². The Morgan fingerprint density at radius 1 is 0.903 bits per heavy atom. The molecule has 162 valence electrons. The number of fused-ring (bicyclic) bond motifs is 1. The molecule has 0 spiro atoms. The first-order valence-electron chi connectivity index (χ1n) is 10.8. The first-order valence-corrected chi connectivity index (χ1v) is 10.8. The fourth-order valence-electron chi connectivity index (χ4n) is 3.64. The second kappa shape index (κ2) is 10.7. The molecule has 3 aromatic carbocycles. The number of ketones is 1. The number of benzene rings is 3. The molecule has 0 saturated heterocycles. The van der Waals surface area contributed by atoms with Gasteiger partial charge in [-0.05, 0) is 60.8 Å². The highest BCUT2D eigenvalue weighted by atomic mass is 16.2. The van der Waals surface area contributed by atoms with Gasteiger partial charge in [-0.3, -0.25) is 9.59 Å². The summed E-state index contributed by atoms with van der Waals surface area (Å²) < 4.78 is 0. The molecule has 2 N–H and O–H groups in total. The fraction of sp³-hybridized carbons (Fsp3) is 0.308. The number of nitrogens with two attached hydrogens (primary N) is 1. The van der Waals surface area contributed by atoms with Crippen molar-refractivity contribution in [3.05, 3.63) is 77.9 Å². The molecule has 31 heavy (non-hydrogen) atoms. The number of likely N-dealkylation sites (N-methyl/N-ethyl adjacent to an activating group) is 1. The van der Waals surface area contributed by atoms with Crippen molar-refractivity contribution in [2.75, 3.05) is 38.1 Å². The number of carbonyl (C=O) groups excluding carboxylic acids is 2. The van der Waals surface area contributed by atoms with E-state index >= 15 is 0 Å². The van der Waals surface area contributed by atoms with Gasteiger partial charge in [0.2, 0.25) is 5.91 Å². The van der Waals surface area contributed by atoms with Crippen LogP contribution in [0.15, 0.2) is 66.7 Å². The van der Waals surface area contributed by atoms with Crippen molar-refractivity contribution in [2.24, 2.45) is 5.73 Å². The van der Waals surface area contributed by atoms with Crippen LogP contribution in [0, 0.1) is 0 Å². The molecular weight excluding hydrogens is 386 g/mol. The van der Waals surface area contributed by atoms with E-state index < -0.39 is 0 Å². The lowest BCUT2D eigenvalue weighted by molar-refractivity contribution is -0.129. The Labute approximate surface area is 184 Å². The average Bonchev–Trinajstić information content (AvgIpc) is 2.78. The van der Waals surface area contributed by atoms with Gasteiger partial charge in [-0.15, -0.1) is 0 Å². The monoisotopic (exact) mass is 417 g/mol. The fourth-order valence-corrected chi connectivity index (χ4v) is 3.64. The van der Waals surface area contributed by atoms with E-state index in [2.05, 4.69) is 18.2 Å². The van der Waals surface area contributed by atoms with Crippen molar-refractivity contribution < 1.29 is 9.59 Å². The summed E-state index contributed by atoms with van der Waals surface area (Å²) in [6, 6.07) is 22.0. The number of anilines is 1. The Morgan fingerprint density at radius 3 is 2.32 bits per heavy atom. The zero-order chi connectivity index (χ0) is 22.2. The Bertz CT molecular complexity index is 1030. The number of hydrogen-bond acceptors (Lipinski definition) is 4. The molecule has 0 atom stereocenters. The van der Waals surface area contributed by atoms with E-state index in [4.69, 9.17) is 5.73 Å². The van der Waals surface area contributed by atoms with Crippen LogP contribution < -0.4 is 10.6 Å². The number of nitrogens with zero attached hydrogens (tertiary/aromatic N) is 2. The van der Waals surface area contributed by atoms with Crippen molar-refractivity contribution in [3.63, 3.8) is 0 Å². The molecule has 0 saturated carbocycles. The van der Waals surface area contributed by atoms with Gasteiger partial charge in [0.1, 0.15) is 0 Å². The van der Waals surface area contributed by atoms with Crippen LogP contribution in [-0.4, -0.2) is 49.8 Å². The van der Waals surface area contributed by atoms with Gasteiger partial charge in [0.25, 0.3) is 0 Å². The van der Waals surface area contributed by atoms with Gasteiger partial charge in [-0.2, -0.15) is 0 Å². The largest absolute Gasteiger partial charge is 0.365 e. The Balaban J connectivity index is 1.68. The van der Waals surface area contributed by atoms with E-state index in [-0.39, 0.29) is 11.7 Å². The van der Waals surface area contributed by atoms with Crippen LogP contribution in [0.2, 0.25) is 0 Å². The van der Waals surface area contributed by atoms with Crippen LogP contribution in [0.25, 0.3) is 10.8 Å². The van der Waals surface area contributed by atoms with E-state index in [9.17, 15) is 9.59 Å². The number of Topliss-reactive ketones (excluding diaryl/α,β-unsaturated/α-hetero) is 1. The summed E-state index contributed by atoms with van der Waals surface area (Å²) in [5, 5.41) is 2.06. The summed E-state index contributed by atoms with van der Waals surface area (Å²) in [4.78, 5) is 28.5. The van der Waals surface area contributed by atoms with E-state index in [1.165, 1.54) is 5.56 Å². The van der Waals surface area contributed by atoms with Crippen molar-refractivity contribution >= 4 is 28.2 Å². The maximum atomic E-state index is 13.0. The predicted octanol–water partition coefficient (Wildman–Crippen LogP) is 3.90. The molecule has 0 aliphatic carbocycles. The third-order valence-electron chi connectivity index (χ3n) is 5.54. The summed E-state index contributed by atoms with van der Waals surface area (Å²) in [5.74, 6) is 0.153. The molecule has 0 aromatic heterocycles. The van der Waals surface area contributed by atoms with Crippen molar-refractivity contribution in [1.29, 1.82) is 0 Å². The standard InChI is InChI=1S/C26H31N3O2/c1-20(30)22-9-10-24-18-25(12-11-23(24)17-22)28(2)19-26(31)29(15-6-14-27)16-13-21-7-4-3-5-8-21/h3-5,7-12,17-18H,6,13-16,19,27H2,1-2H3. The maximum Gasteiger partial charge on any atom is 0.242 e. The Kier molecular flexibility index (Phi) is 7.79. The highest BCUT2D eigenvalue weighted by molar-refractivity contribution is 5.99. The van der Waals surface area contributed by atoms with E-state index in [0.717, 1.165) is 29.3 Å². The van der Waals surface area contributed by atoms with Gasteiger partial charge in [-0.1, -0.05) is 48.5 Å². The summed E-state index contributed by atoms with van der Waals surface area (Å²) in [6.07, 6.45) is 1.62. The normalized spacial score (nSPS) is 10.8. The smallest absolute Gasteiger partial charge is 0.242 e. The minimum absolute atomic E-state index is 0.0572. The summed E-state index contributed by atoms with van der Waals surface area (Å²) in [7, 11) is 1.93. The van der Waals surface area contributed by atoms with Crippen molar-refractivity contribution in [3.8, 4) is 0 Å². The van der Waals surface area contributed by atoms with Gasteiger partial charge in [0.05, 0.1) is 6.54 Å². The highest BCUT2D eigenvalue weighted by Gasteiger charge is 2.16. The van der Waals surface area contributed by atoms with Crippen LogP contribution in [0.4, 0.5) is 5.69 Å². The Morgan fingerprint density at radius 2 is 1.61 bits per heavy atom. The average molecular weight is 418 g/mol. The molecule has 3 aromatic rings. The lowest BCUT2D eigenvalue weighted by Gasteiger charge is -2.27.